The zero-order valence-electron chi connectivity index (χ0n) is 13.7. The molecule has 4 nitrogen and oxygen atoms in total. The molecular formula is C17H27O4P. The minimum absolute atomic E-state index is 0.00577. The molecule has 0 saturated heterocycles. The van der Waals surface area contributed by atoms with Crippen LogP contribution in [0.5, 0.6) is 0 Å². The second-order valence-electron chi connectivity index (χ2n) is 5.64. The summed E-state index contributed by atoms with van der Waals surface area (Å²) in [4.78, 5) is 11.3. The smallest absolute Gasteiger partial charge is 0.307 e. The number of carbonyl (C=O) groups is 1. The van der Waals surface area contributed by atoms with Crippen molar-refractivity contribution in [1.29, 1.82) is 0 Å². The van der Waals surface area contributed by atoms with Gasteiger partial charge in [-0.05, 0) is 24.8 Å². The molecule has 1 aromatic rings. The average Bonchev–Trinajstić information content (AvgIpc) is 2.51. The van der Waals surface area contributed by atoms with Gasteiger partial charge >= 0.3 is 5.97 Å². The van der Waals surface area contributed by atoms with E-state index in [-0.39, 0.29) is 11.9 Å². The van der Waals surface area contributed by atoms with E-state index >= 15 is 0 Å². The molecule has 0 saturated carbocycles. The molecule has 0 aromatic heterocycles. The fourth-order valence-electron chi connectivity index (χ4n) is 1.94. The van der Waals surface area contributed by atoms with Crippen LogP contribution < -0.4 is 0 Å². The first kappa shape index (κ1) is 18.9. The average molecular weight is 326 g/mol. The molecule has 0 bridgehead atoms. The summed E-state index contributed by atoms with van der Waals surface area (Å²) in [6.07, 6.45) is 2.93. The van der Waals surface area contributed by atoms with Gasteiger partial charge in [0.15, 0.2) is 8.03 Å². The monoisotopic (exact) mass is 326 g/mol. The topological polar surface area (TPSA) is 52.6 Å². The Morgan fingerprint density at radius 1 is 1.18 bits per heavy atom. The lowest BCUT2D eigenvalue weighted by atomic mass is 10.1. The molecule has 2 atom stereocenters. The second-order valence-corrected chi connectivity index (χ2v) is 7.12. The molecule has 0 radical (unpaired) electrons. The van der Waals surface area contributed by atoms with Crippen LogP contribution in [-0.2, 0) is 25.0 Å². The van der Waals surface area contributed by atoms with Gasteiger partial charge in [0.25, 0.3) is 0 Å². The van der Waals surface area contributed by atoms with Gasteiger partial charge in [-0.3, -0.25) is 13.9 Å². The summed E-state index contributed by atoms with van der Waals surface area (Å²) in [6, 6.07) is 10.2. The lowest BCUT2D eigenvalue weighted by Crippen LogP contribution is -2.24. The SMILES string of the molecule is CCC(=O)OC(O[PH](=O)CCCCc1ccccc1)C(C)C. The maximum atomic E-state index is 12.0. The Hall–Kier alpha value is -1.12. The van der Waals surface area contributed by atoms with Gasteiger partial charge in [0.05, 0.1) is 0 Å². The van der Waals surface area contributed by atoms with E-state index in [1.165, 1.54) is 5.56 Å². The molecule has 0 spiro atoms. The summed E-state index contributed by atoms with van der Waals surface area (Å²) in [5.74, 6) is -0.327. The first-order valence-corrected chi connectivity index (χ1v) is 9.48. The molecule has 0 fully saturated rings. The van der Waals surface area contributed by atoms with E-state index in [0.717, 1.165) is 19.3 Å². The van der Waals surface area contributed by atoms with Crippen LogP contribution >= 0.6 is 8.03 Å². The minimum Gasteiger partial charge on any atom is -0.435 e. The molecule has 0 aliphatic heterocycles. The number of rotatable bonds is 10. The van der Waals surface area contributed by atoms with E-state index in [2.05, 4.69) is 12.1 Å². The molecule has 1 aromatic carbocycles. The van der Waals surface area contributed by atoms with Crippen molar-refractivity contribution in [3.05, 3.63) is 35.9 Å². The van der Waals surface area contributed by atoms with Crippen molar-refractivity contribution in [3.8, 4) is 0 Å². The zero-order valence-corrected chi connectivity index (χ0v) is 14.7. The molecule has 0 heterocycles. The normalized spacial score (nSPS) is 13.8. The van der Waals surface area contributed by atoms with Crippen LogP contribution in [0.1, 0.15) is 45.6 Å². The van der Waals surface area contributed by atoms with Gasteiger partial charge in [0.2, 0.25) is 6.29 Å². The maximum absolute atomic E-state index is 12.0. The molecule has 0 N–H and O–H groups in total. The molecule has 2 unspecified atom stereocenters. The van der Waals surface area contributed by atoms with Crippen molar-refractivity contribution < 1.29 is 18.6 Å². The quantitative estimate of drug-likeness (QED) is 0.276. The molecule has 5 heteroatoms. The standard InChI is InChI=1S/C17H27O4P/c1-4-16(18)20-17(14(2)3)21-22(19)13-9-8-12-15-10-6-5-7-11-15/h5-7,10-11,14,17,22H,4,8-9,12-13H2,1-3H3. The van der Waals surface area contributed by atoms with Crippen molar-refractivity contribution in [2.24, 2.45) is 5.92 Å². The predicted molar refractivity (Wildman–Crippen MR) is 89.3 cm³/mol. The highest BCUT2D eigenvalue weighted by Gasteiger charge is 2.20. The van der Waals surface area contributed by atoms with E-state index in [0.29, 0.717) is 12.6 Å². The molecule has 22 heavy (non-hydrogen) atoms. The van der Waals surface area contributed by atoms with Gasteiger partial charge in [-0.1, -0.05) is 51.1 Å². The summed E-state index contributed by atoms with van der Waals surface area (Å²) >= 11 is 0. The Kier molecular flexibility index (Phi) is 9.10. The Bertz CT molecular complexity index is 459. The van der Waals surface area contributed by atoms with E-state index in [4.69, 9.17) is 9.26 Å². The van der Waals surface area contributed by atoms with Crippen LogP contribution in [0.25, 0.3) is 0 Å². The molecule has 124 valence electrons. The fraction of sp³-hybridized carbons (Fsp3) is 0.588. The van der Waals surface area contributed by atoms with Gasteiger partial charge in [-0.2, -0.15) is 0 Å². The third-order valence-corrected chi connectivity index (χ3v) is 4.52. The summed E-state index contributed by atoms with van der Waals surface area (Å²) in [7, 11) is -2.17. The van der Waals surface area contributed by atoms with Crippen molar-refractivity contribution in [2.45, 2.75) is 52.7 Å². The maximum Gasteiger partial charge on any atom is 0.307 e. The molecule has 1 rings (SSSR count). The van der Waals surface area contributed by atoms with Crippen LogP contribution in [0.4, 0.5) is 0 Å². The van der Waals surface area contributed by atoms with Crippen LogP contribution in [-0.4, -0.2) is 18.4 Å². The first-order valence-electron chi connectivity index (χ1n) is 7.95. The van der Waals surface area contributed by atoms with E-state index in [9.17, 15) is 9.36 Å². The summed E-state index contributed by atoms with van der Waals surface area (Å²) < 4.78 is 22.6. The molecule has 0 aliphatic carbocycles. The summed E-state index contributed by atoms with van der Waals surface area (Å²) in [5.41, 5.74) is 1.29. The van der Waals surface area contributed by atoms with Gasteiger partial charge in [-0.15, -0.1) is 0 Å². The number of benzene rings is 1. The van der Waals surface area contributed by atoms with Gasteiger partial charge in [0, 0.05) is 18.5 Å². The summed E-state index contributed by atoms with van der Waals surface area (Å²) in [5, 5.41) is 0. The lowest BCUT2D eigenvalue weighted by Gasteiger charge is -2.21. The Morgan fingerprint density at radius 2 is 1.86 bits per heavy atom. The third kappa shape index (κ3) is 7.77. The van der Waals surface area contributed by atoms with Gasteiger partial charge in [-0.25, -0.2) is 0 Å². The number of carbonyl (C=O) groups excluding carboxylic acids is 1. The van der Waals surface area contributed by atoms with Gasteiger partial charge in [0.1, 0.15) is 0 Å². The van der Waals surface area contributed by atoms with Crippen LogP contribution in [0.3, 0.4) is 0 Å². The molecule has 0 amide bonds. The number of hydrogen-bond acceptors (Lipinski definition) is 4. The third-order valence-electron chi connectivity index (χ3n) is 3.27. The van der Waals surface area contributed by atoms with Crippen molar-refractivity contribution in [2.75, 3.05) is 6.16 Å². The number of aryl methyl sites for hydroxylation is 1. The van der Waals surface area contributed by atoms with Crippen LogP contribution in [0, 0.1) is 5.92 Å². The second kappa shape index (κ2) is 10.6. The van der Waals surface area contributed by atoms with Gasteiger partial charge < -0.3 is 4.74 Å². The predicted octanol–water partition coefficient (Wildman–Crippen LogP) is 4.44. The summed E-state index contributed by atoms with van der Waals surface area (Å²) in [6.45, 7) is 5.50. The minimum atomic E-state index is -2.17. The Labute approximate surface area is 134 Å². The molecular weight excluding hydrogens is 299 g/mol. The van der Waals surface area contributed by atoms with Crippen molar-refractivity contribution in [3.63, 3.8) is 0 Å². The van der Waals surface area contributed by atoms with E-state index in [1.54, 1.807) is 6.92 Å². The Balaban J connectivity index is 2.27. The highest BCUT2D eigenvalue weighted by Crippen LogP contribution is 2.29. The highest BCUT2D eigenvalue weighted by atomic mass is 31.1. The van der Waals surface area contributed by atoms with Crippen LogP contribution in [0.15, 0.2) is 30.3 Å². The van der Waals surface area contributed by atoms with Crippen LogP contribution in [0.2, 0.25) is 0 Å². The lowest BCUT2D eigenvalue weighted by molar-refractivity contribution is -0.168. The Morgan fingerprint density at radius 3 is 2.45 bits per heavy atom. The van der Waals surface area contributed by atoms with Crippen molar-refractivity contribution in [1.82, 2.24) is 0 Å². The first-order chi connectivity index (χ1) is 10.5. The number of ether oxygens (including phenoxy) is 1. The number of unbranched alkanes of at least 4 members (excludes halogenated alkanes) is 1. The largest absolute Gasteiger partial charge is 0.435 e. The fourth-order valence-corrected chi connectivity index (χ4v) is 3.18. The number of hydrogen-bond donors (Lipinski definition) is 0. The van der Waals surface area contributed by atoms with E-state index < -0.39 is 14.3 Å². The van der Waals surface area contributed by atoms with E-state index in [1.807, 2.05) is 32.0 Å². The zero-order chi connectivity index (χ0) is 16.4. The van der Waals surface area contributed by atoms with Crippen molar-refractivity contribution >= 4 is 14.0 Å². The highest BCUT2D eigenvalue weighted by molar-refractivity contribution is 7.39. The number of esters is 1. The molecule has 0 aliphatic rings.